The quantitative estimate of drug-likeness (QED) is 0.841. The highest BCUT2D eigenvalue weighted by molar-refractivity contribution is 5.16. The molecule has 0 saturated carbocycles. The number of nitrogens with zero attached hydrogens (tertiary/aromatic N) is 2. The second kappa shape index (κ2) is 6.48. The van der Waals surface area contributed by atoms with E-state index in [1.807, 2.05) is 12.1 Å². The molecule has 0 radical (unpaired) electrons. The Labute approximate surface area is 137 Å². The van der Waals surface area contributed by atoms with Crippen LogP contribution in [0.3, 0.4) is 0 Å². The van der Waals surface area contributed by atoms with E-state index in [4.69, 9.17) is 9.47 Å². The third-order valence-electron chi connectivity index (χ3n) is 5.55. The first-order valence-electron chi connectivity index (χ1n) is 8.58. The molecule has 2 atom stereocenters. The molecule has 0 aliphatic carbocycles. The molecule has 0 aromatic heterocycles. The number of morpholine rings is 1. The fraction of sp³-hybridized carbons (Fsp3) is 0.667. The van der Waals surface area contributed by atoms with Gasteiger partial charge < -0.3 is 9.47 Å². The van der Waals surface area contributed by atoms with Gasteiger partial charge in [0, 0.05) is 50.6 Å². The van der Waals surface area contributed by atoms with E-state index in [-0.39, 0.29) is 11.2 Å². The zero-order chi connectivity index (χ0) is 15.7. The van der Waals surface area contributed by atoms with Crippen molar-refractivity contribution in [1.82, 2.24) is 9.80 Å². The van der Waals surface area contributed by atoms with E-state index >= 15 is 0 Å². The van der Waals surface area contributed by atoms with Gasteiger partial charge >= 0.3 is 0 Å². The topological polar surface area (TPSA) is 24.9 Å². The second-order valence-electron chi connectivity index (χ2n) is 7.26. The normalized spacial score (nSPS) is 32.3. The molecule has 0 unspecified atom stereocenters. The minimum atomic E-state index is -0.163. The Bertz CT molecular complexity index is 532. The van der Waals surface area contributed by atoms with Crippen molar-refractivity contribution in [3.63, 3.8) is 0 Å². The Balaban J connectivity index is 1.42. The van der Waals surface area contributed by atoms with Gasteiger partial charge in [0.05, 0.1) is 26.4 Å². The van der Waals surface area contributed by atoms with Crippen LogP contribution in [0, 0.1) is 17.2 Å². The summed E-state index contributed by atoms with van der Waals surface area (Å²) in [6.45, 7) is 9.69. The lowest BCUT2D eigenvalue weighted by Crippen LogP contribution is -2.47. The number of benzene rings is 1. The molecule has 0 N–H and O–H groups in total. The zero-order valence-electron chi connectivity index (χ0n) is 13.5. The smallest absolute Gasteiger partial charge is 0.123 e. The summed E-state index contributed by atoms with van der Waals surface area (Å²) in [5, 5.41) is 0. The molecule has 126 valence electrons. The van der Waals surface area contributed by atoms with Crippen molar-refractivity contribution in [2.24, 2.45) is 11.3 Å². The Morgan fingerprint density at radius 2 is 1.87 bits per heavy atom. The van der Waals surface area contributed by atoms with Gasteiger partial charge in [0.25, 0.3) is 0 Å². The van der Waals surface area contributed by atoms with Crippen molar-refractivity contribution >= 4 is 0 Å². The highest BCUT2D eigenvalue weighted by atomic mass is 19.1. The van der Waals surface area contributed by atoms with Gasteiger partial charge in [-0.05, 0) is 17.7 Å². The molecule has 3 saturated heterocycles. The number of likely N-dealkylation sites (tertiary alicyclic amines) is 1. The molecule has 3 fully saturated rings. The van der Waals surface area contributed by atoms with E-state index < -0.39 is 0 Å². The first kappa shape index (κ1) is 15.5. The van der Waals surface area contributed by atoms with Crippen LogP contribution in [0.5, 0.6) is 0 Å². The van der Waals surface area contributed by atoms with Gasteiger partial charge in [-0.1, -0.05) is 12.1 Å². The molecule has 4 rings (SSSR count). The third kappa shape index (κ3) is 3.29. The van der Waals surface area contributed by atoms with Crippen LogP contribution >= 0.6 is 0 Å². The Kier molecular flexibility index (Phi) is 4.37. The van der Waals surface area contributed by atoms with Crippen molar-refractivity contribution in [2.75, 3.05) is 59.2 Å². The van der Waals surface area contributed by atoms with Crippen LogP contribution in [-0.4, -0.2) is 69.0 Å². The van der Waals surface area contributed by atoms with Gasteiger partial charge in [-0.3, -0.25) is 9.80 Å². The van der Waals surface area contributed by atoms with E-state index in [2.05, 4.69) is 9.80 Å². The fourth-order valence-corrected chi connectivity index (χ4v) is 4.34. The average Bonchev–Trinajstić information content (AvgIpc) is 3.07. The van der Waals surface area contributed by atoms with Crippen molar-refractivity contribution in [2.45, 2.75) is 6.54 Å². The van der Waals surface area contributed by atoms with E-state index in [9.17, 15) is 4.39 Å². The summed E-state index contributed by atoms with van der Waals surface area (Å²) in [4.78, 5) is 5.05. The predicted molar refractivity (Wildman–Crippen MR) is 85.7 cm³/mol. The molecular weight excluding hydrogens is 295 g/mol. The molecule has 1 aromatic carbocycles. The molecule has 0 bridgehead atoms. The van der Waals surface area contributed by atoms with Gasteiger partial charge in [0.15, 0.2) is 0 Å². The lowest BCUT2D eigenvalue weighted by atomic mass is 9.80. The van der Waals surface area contributed by atoms with Crippen LogP contribution in [0.15, 0.2) is 24.3 Å². The first-order chi connectivity index (χ1) is 11.2. The number of hydrogen-bond donors (Lipinski definition) is 0. The Morgan fingerprint density at radius 3 is 2.65 bits per heavy atom. The van der Waals surface area contributed by atoms with Crippen LogP contribution in [0.4, 0.5) is 4.39 Å². The molecule has 1 aromatic rings. The van der Waals surface area contributed by atoms with Crippen LogP contribution in [-0.2, 0) is 16.0 Å². The van der Waals surface area contributed by atoms with Crippen molar-refractivity contribution in [3.8, 4) is 0 Å². The summed E-state index contributed by atoms with van der Waals surface area (Å²) in [6.07, 6.45) is 0. The Hall–Kier alpha value is -1.01. The van der Waals surface area contributed by atoms with Gasteiger partial charge in [0.1, 0.15) is 5.82 Å². The summed E-state index contributed by atoms with van der Waals surface area (Å²) in [5.41, 5.74) is 1.45. The SMILES string of the molecule is Fc1ccc(CN2C[C@H]3COC[C@@]3(CN3CCOCC3)C2)cc1. The minimum Gasteiger partial charge on any atom is -0.380 e. The van der Waals surface area contributed by atoms with Crippen LogP contribution in [0.1, 0.15) is 5.56 Å². The standard InChI is InChI=1S/C18H25FN2O2/c19-17-3-1-15(2-4-17)9-21-10-16-11-23-14-18(16,13-21)12-20-5-7-22-8-6-20/h1-4,16H,5-14H2/t16-,18+/m0/s1. The van der Waals surface area contributed by atoms with E-state index in [0.717, 1.165) is 65.7 Å². The average molecular weight is 320 g/mol. The maximum atomic E-state index is 13.1. The maximum absolute atomic E-state index is 13.1. The highest BCUT2D eigenvalue weighted by Gasteiger charge is 2.51. The number of halogens is 1. The van der Waals surface area contributed by atoms with E-state index in [1.165, 1.54) is 5.56 Å². The maximum Gasteiger partial charge on any atom is 0.123 e. The number of fused-ring (bicyclic) bond motifs is 1. The lowest BCUT2D eigenvalue weighted by Gasteiger charge is -2.36. The summed E-state index contributed by atoms with van der Waals surface area (Å²) in [7, 11) is 0. The first-order valence-corrected chi connectivity index (χ1v) is 8.58. The largest absolute Gasteiger partial charge is 0.380 e. The van der Waals surface area contributed by atoms with Crippen LogP contribution in [0.25, 0.3) is 0 Å². The van der Waals surface area contributed by atoms with E-state index in [1.54, 1.807) is 12.1 Å². The van der Waals surface area contributed by atoms with Crippen molar-refractivity contribution in [1.29, 1.82) is 0 Å². The molecule has 3 aliphatic heterocycles. The summed E-state index contributed by atoms with van der Waals surface area (Å²) >= 11 is 0. The second-order valence-corrected chi connectivity index (χ2v) is 7.26. The van der Waals surface area contributed by atoms with Gasteiger partial charge in [0.2, 0.25) is 0 Å². The summed E-state index contributed by atoms with van der Waals surface area (Å²) < 4.78 is 24.4. The third-order valence-corrected chi connectivity index (χ3v) is 5.55. The highest BCUT2D eigenvalue weighted by Crippen LogP contribution is 2.42. The molecule has 23 heavy (non-hydrogen) atoms. The fourth-order valence-electron chi connectivity index (χ4n) is 4.34. The van der Waals surface area contributed by atoms with Crippen molar-refractivity contribution in [3.05, 3.63) is 35.6 Å². The van der Waals surface area contributed by atoms with Gasteiger partial charge in [-0.2, -0.15) is 0 Å². The molecular formula is C18H25FN2O2. The van der Waals surface area contributed by atoms with E-state index in [0.29, 0.717) is 5.92 Å². The number of rotatable bonds is 4. The summed E-state index contributed by atoms with van der Waals surface area (Å²) in [6, 6.07) is 6.90. The molecule has 3 aliphatic rings. The summed E-state index contributed by atoms with van der Waals surface area (Å²) in [5.74, 6) is 0.454. The predicted octanol–water partition coefficient (Wildman–Crippen LogP) is 1.61. The van der Waals surface area contributed by atoms with Crippen LogP contribution < -0.4 is 0 Å². The molecule has 4 nitrogen and oxygen atoms in total. The zero-order valence-corrected chi connectivity index (χ0v) is 13.5. The number of ether oxygens (including phenoxy) is 2. The molecule has 0 amide bonds. The molecule has 0 spiro atoms. The molecule has 3 heterocycles. The molecule has 5 heteroatoms. The van der Waals surface area contributed by atoms with Gasteiger partial charge in [-0.15, -0.1) is 0 Å². The van der Waals surface area contributed by atoms with Crippen molar-refractivity contribution < 1.29 is 13.9 Å². The van der Waals surface area contributed by atoms with Gasteiger partial charge in [-0.25, -0.2) is 4.39 Å². The Morgan fingerprint density at radius 1 is 1.09 bits per heavy atom. The number of hydrogen-bond acceptors (Lipinski definition) is 4. The lowest BCUT2D eigenvalue weighted by molar-refractivity contribution is 0.0102. The monoisotopic (exact) mass is 320 g/mol. The minimum absolute atomic E-state index is 0.163. The van der Waals surface area contributed by atoms with Crippen LogP contribution in [0.2, 0.25) is 0 Å².